The molecule has 5 rings (SSSR count). The maximum Gasteiger partial charge on any atom is 0.241 e. The molecule has 2 N–H and O–H groups in total. The summed E-state index contributed by atoms with van der Waals surface area (Å²) in [6.07, 6.45) is 6.10. The summed E-state index contributed by atoms with van der Waals surface area (Å²) in [4.78, 5) is 26.0. The van der Waals surface area contributed by atoms with Gasteiger partial charge in [-0.1, -0.05) is 12.1 Å². The van der Waals surface area contributed by atoms with Crippen LogP contribution in [-0.2, 0) is 16.6 Å². The van der Waals surface area contributed by atoms with Gasteiger partial charge in [-0.2, -0.15) is 0 Å². The Labute approximate surface area is 164 Å². The molecule has 1 atom stereocenters. The number of benzene rings is 1. The molecule has 0 saturated carbocycles. The van der Waals surface area contributed by atoms with Crippen molar-refractivity contribution in [1.82, 2.24) is 14.9 Å². The van der Waals surface area contributed by atoms with Crippen LogP contribution in [0.3, 0.4) is 0 Å². The van der Waals surface area contributed by atoms with E-state index in [0.29, 0.717) is 25.6 Å². The highest BCUT2D eigenvalue weighted by Gasteiger charge is 2.44. The predicted octanol–water partition coefficient (Wildman–Crippen LogP) is 1.76. The molecule has 0 bridgehead atoms. The van der Waals surface area contributed by atoms with Crippen LogP contribution in [0.4, 0.5) is 11.6 Å². The quantitative estimate of drug-likeness (QED) is 0.856. The van der Waals surface area contributed by atoms with Gasteiger partial charge in [0.05, 0.1) is 24.5 Å². The van der Waals surface area contributed by atoms with E-state index < -0.39 is 0 Å². The van der Waals surface area contributed by atoms with Crippen molar-refractivity contribution in [2.45, 2.75) is 31.1 Å². The van der Waals surface area contributed by atoms with Crippen LogP contribution in [0.15, 0.2) is 30.5 Å². The summed E-state index contributed by atoms with van der Waals surface area (Å²) in [5, 5.41) is 0. The van der Waals surface area contributed by atoms with Crippen LogP contribution in [0.1, 0.15) is 30.5 Å². The monoisotopic (exact) mass is 379 g/mol. The summed E-state index contributed by atoms with van der Waals surface area (Å²) in [7, 11) is 0. The number of ether oxygens (including phenoxy) is 1. The van der Waals surface area contributed by atoms with Crippen molar-refractivity contribution in [2.75, 3.05) is 43.4 Å². The van der Waals surface area contributed by atoms with Crippen molar-refractivity contribution in [3.05, 3.63) is 41.7 Å². The molecule has 28 heavy (non-hydrogen) atoms. The molecule has 1 aromatic heterocycles. The maximum atomic E-state index is 13.1. The van der Waals surface area contributed by atoms with E-state index in [0.717, 1.165) is 55.9 Å². The van der Waals surface area contributed by atoms with Crippen LogP contribution in [0, 0.1) is 0 Å². The van der Waals surface area contributed by atoms with Gasteiger partial charge in [-0.15, -0.1) is 0 Å². The standard InChI is InChI=1S/C21H25N5O2/c22-20-23-12-15-6-8-21(19(15)24-20)7-3-9-25(14-21)13-18(27)26-10-11-28-17-5-2-1-4-16(17)26/h1-2,4-5,12H,3,6-11,13-14H2,(H2,22,23,24). The van der Waals surface area contributed by atoms with Crippen LogP contribution < -0.4 is 15.4 Å². The molecule has 0 radical (unpaired) electrons. The van der Waals surface area contributed by atoms with E-state index in [1.165, 1.54) is 5.56 Å². The van der Waals surface area contributed by atoms with Crippen molar-refractivity contribution in [1.29, 1.82) is 0 Å². The minimum absolute atomic E-state index is 0.00778. The number of likely N-dealkylation sites (tertiary alicyclic amines) is 1. The first kappa shape index (κ1) is 17.4. The van der Waals surface area contributed by atoms with Crippen molar-refractivity contribution in [2.24, 2.45) is 0 Å². The average Bonchev–Trinajstić information content (AvgIpc) is 3.04. The zero-order chi connectivity index (χ0) is 19.1. The number of nitrogens with two attached hydrogens (primary N) is 1. The van der Waals surface area contributed by atoms with E-state index in [9.17, 15) is 4.79 Å². The number of rotatable bonds is 2. The van der Waals surface area contributed by atoms with Crippen LogP contribution in [-0.4, -0.2) is 53.6 Å². The number of nitrogens with zero attached hydrogens (tertiary/aromatic N) is 4. The van der Waals surface area contributed by atoms with Crippen LogP contribution in [0.2, 0.25) is 0 Å². The molecule has 1 unspecified atom stereocenters. The number of aromatic nitrogens is 2. The number of anilines is 2. The first-order valence-corrected chi connectivity index (χ1v) is 10.0. The summed E-state index contributed by atoms with van der Waals surface area (Å²) in [5.41, 5.74) is 9.07. The van der Waals surface area contributed by atoms with Crippen molar-refractivity contribution in [3.8, 4) is 5.75 Å². The van der Waals surface area contributed by atoms with E-state index in [2.05, 4.69) is 14.9 Å². The van der Waals surface area contributed by atoms with E-state index in [-0.39, 0.29) is 11.3 Å². The number of carbonyl (C=O) groups excluding carboxylic acids is 1. The van der Waals surface area contributed by atoms with Crippen molar-refractivity contribution >= 4 is 17.5 Å². The van der Waals surface area contributed by atoms with Crippen molar-refractivity contribution < 1.29 is 9.53 Å². The number of para-hydroxylation sites is 2. The second-order valence-electron chi connectivity index (χ2n) is 8.06. The van der Waals surface area contributed by atoms with Gasteiger partial charge in [0.2, 0.25) is 11.9 Å². The summed E-state index contributed by atoms with van der Waals surface area (Å²) in [5.74, 6) is 1.26. The SMILES string of the molecule is Nc1ncc2c(n1)C1(CCCN(CC(=O)N3CCOc4ccccc43)C1)CC2. The number of nitrogen functional groups attached to an aromatic ring is 1. The molecule has 1 spiro atoms. The lowest BCUT2D eigenvalue weighted by Gasteiger charge is -2.41. The van der Waals surface area contributed by atoms with Gasteiger partial charge in [0.25, 0.3) is 0 Å². The third-order valence-electron chi connectivity index (χ3n) is 6.30. The molecule has 7 nitrogen and oxygen atoms in total. The van der Waals surface area contributed by atoms with Crippen LogP contribution in [0.25, 0.3) is 0 Å². The molecule has 3 heterocycles. The Bertz CT molecular complexity index is 913. The van der Waals surface area contributed by atoms with E-state index in [1.807, 2.05) is 35.4 Å². The van der Waals surface area contributed by atoms with Crippen molar-refractivity contribution in [3.63, 3.8) is 0 Å². The number of piperidine rings is 1. The normalized spacial score (nSPS) is 23.9. The minimum Gasteiger partial charge on any atom is -0.490 e. The lowest BCUT2D eigenvalue weighted by molar-refractivity contribution is -0.120. The molecule has 146 valence electrons. The Kier molecular flexibility index (Phi) is 4.19. The molecule has 1 aromatic carbocycles. The molecule has 7 heteroatoms. The number of carbonyl (C=O) groups is 1. The van der Waals surface area contributed by atoms with Gasteiger partial charge in [0, 0.05) is 18.2 Å². The molecule has 1 amide bonds. The number of amides is 1. The van der Waals surface area contributed by atoms with Gasteiger partial charge in [-0.05, 0) is 49.9 Å². The first-order chi connectivity index (χ1) is 13.6. The molecular formula is C21H25N5O2. The lowest BCUT2D eigenvalue weighted by Crippen LogP contribution is -2.50. The summed E-state index contributed by atoms with van der Waals surface area (Å²) < 4.78 is 5.69. The molecular weight excluding hydrogens is 354 g/mol. The zero-order valence-corrected chi connectivity index (χ0v) is 15.9. The molecule has 2 aromatic rings. The first-order valence-electron chi connectivity index (χ1n) is 10.0. The Balaban J connectivity index is 1.34. The second-order valence-corrected chi connectivity index (χ2v) is 8.06. The molecule has 2 aliphatic heterocycles. The highest BCUT2D eigenvalue weighted by Crippen LogP contribution is 2.44. The molecule has 3 aliphatic rings. The van der Waals surface area contributed by atoms with Crippen LogP contribution >= 0.6 is 0 Å². The van der Waals surface area contributed by atoms with Gasteiger partial charge >= 0.3 is 0 Å². The third-order valence-corrected chi connectivity index (χ3v) is 6.30. The van der Waals surface area contributed by atoms with Gasteiger partial charge in [-0.25, -0.2) is 9.97 Å². The fraction of sp³-hybridized carbons (Fsp3) is 0.476. The number of aryl methyl sites for hydroxylation is 1. The van der Waals surface area contributed by atoms with Crippen LogP contribution in [0.5, 0.6) is 5.75 Å². The topological polar surface area (TPSA) is 84.6 Å². The smallest absolute Gasteiger partial charge is 0.241 e. The molecule has 1 fully saturated rings. The average molecular weight is 379 g/mol. The van der Waals surface area contributed by atoms with Gasteiger partial charge in [0.15, 0.2) is 0 Å². The maximum absolute atomic E-state index is 13.1. The van der Waals surface area contributed by atoms with Gasteiger partial charge < -0.3 is 15.4 Å². The summed E-state index contributed by atoms with van der Waals surface area (Å²) in [6, 6.07) is 7.76. The predicted molar refractivity (Wildman–Crippen MR) is 106 cm³/mol. The Hall–Kier alpha value is -2.67. The largest absolute Gasteiger partial charge is 0.490 e. The summed E-state index contributed by atoms with van der Waals surface area (Å²) >= 11 is 0. The second kappa shape index (κ2) is 6.74. The van der Waals surface area contributed by atoms with Gasteiger partial charge in [-0.3, -0.25) is 9.69 Å². The fourth-order valence-electron chi connectivity index (χ4n) is 5.02. The third kappa shape index (κ3) is 2.90. The highest BCUT2D eigenvalue weighted by molar-refractivity contribution is 5.96. The fourth-order valence-corrected chi connectivity index (χ4v) is 5.02. The lowest BCUT2D eigenvalue weighted by atomic mass is 9.77. The number of hydrogen-bond donors (Lipinski definition) is 1. The Morgan fingerprint density at radius 1 is 1.25 bits per heavy atom. The zero-order valence-electron chi connectivity index (χ0n) is 15.9. The summed E-state index contributed by atoms with van der Waals surface area (Å²) in [6.45, 7) is 3.35. The van der Waals surface area contributed by atoms with E-state index in [1.54, 1.807) is 0 Å². The number of fused-ring (bicyclic) bond motifs is 3. The Morgan fingerprint density at radius 3 is 3.07 bits per heavy atom. The minimum atomic E-state index is 0.00778. The van der Waals surface area contributed by atoms with Gasteiger partial charge in [0.1, 0.15) is 12.4 Å². The number of hydrogen-bond acceptors (Lipinski definition) is 6. The molecule has 1 aliphatic carbocycles. The Morgan fingerprint density at radius 2 is 2.14 bits per heavy atom. The highest BCUT2D eigenvalue weighted by atomic mass is 16.5. The van der Waals surface area contributed by atoms with E-state index >= 15 is 0 Å². The van der Waals surface area contributed by atoms with E-state index in [4.69, 9.17) is 10.5 Å². The molecule has 1 saturated heterocycles.